The molecule has 1 heterocycles. The molecule has 3 aromatic carbocycles. The lowest BCUT2D eigenvalue weighted by atomic mass is 10.1. The summed E-state index contributed by atoms with van der Waals surface area (Å²) in [6.07, 6.45) is 0.285. The highest BCUT2D eigenvalue weighted by atomic mass is 19.4. The number of nitrogens with zero attached hydrogens (tertiary/aromatic N) is 3. The van der Waals surface area contributed by atoms with E-state index in [9.17, 15) is 27.6 Å². The van der Waals surface area contributed by atoms with Crippen LogP contribution < -0.4 is 14.9 Å². The van der Waals surface area contributed by atoms with Crippen LogP contribution in [0.4, 0.5) is 23.2 Å². The van der Waals surface area contributed by atoms with Crippen LogP contribution in [0.15, 0.2) is 72.8 Å². The molecule has 1 N–H and O–H groups in total. The number of terminal acetylenes is 1. The first-order valence-electron chi connectivity index (χ1n) is 12.5. The zero-order valence-corrected chi connectivity index (χ0v) is 22.7. The van der Waals surface area contributed by atoms with Gasteiger partial charge in [0.25, 0.3) is 5.91 Å². The Morgan fingerprint density at radius 1 is 1.02 bits per heavy atom. The first-order valence-corrected chi connectivity index (χ1v) is 12.5. The average molecular weight is 579 g/mol. The van der Waals surface area contributed by atoms with E-state index in [1.807, 2.05) is 55.1 Å². The fourth-order valence-corrected chi connectivity index (χ4v) is 4.13. The number of quaternary nitrogens is 1. The maximum Gasteiger partial charge on any atom is 0.430 e. The Balaban J connectivity index is 0.000000616. The normalized spacial score (nSPS) is 11.1. The van der Waals surface area contributed by atoms with Gasteiger partial charge in [-0.25, -0.2) is 4.39 Å². The van der Waals surface area contributed by atoms with Gasteiger partial charge in [0.1, 0.15) is 29.7 Å². The summed E-state index contributed by atoms with van der Waals surface area (Å²) in [5.74, 6) is -0.931. The van der Waals surface area contributed by atoms with Crippen molar-refractivity contribution in [3.8, 4) is 18.4 Å². The number of fused-ring (bicyclic) bond motifs is 1. The number of carboxylic acid groups (broad SMARTS) is 1. The van der Waals surface area contributed by atoms with E-state index in [-0.39, 0.29) is 11.7 Å². The van der Waals surface area contributed by atoms with Crippen molar-refractivity contribution < 1.29 is 32.3 Å². The third-order valence-corrected chi connectivity index (χ3v) is 6.30. The van der Waals surface area contributed by atoms with Gasteiger partial charge in [0, 0.05) is 24.0 Å². The molecule has 0 aliphatic rings. The second-order valence-corrected chi connectivity index (χ2v) is 9.81. The Bertz CT molecular complexity index is 1680. The zero-order valence-electron chi connectivity index (χ0n) is 22.7. The quantitative estimate of drug-likeness (QED) is 0.203. The maximum absolute atomic E-state index is 13.9. The number of hydrogen-bond donors (Lipinski definition) is 1. The molecule has 11 heteroatoms. The number of halogens is 4. The van der Waals surface area contributed by atoms with Crippen LogP contribution in [-0.2, 0) is 17.9 Å². The van der Waals surface area contributed by atoms with Crippen LogP contribution >= 0.6 is 0 Å². The predicted octanol–water partition coefficient (Wildman–Crippen LogP) is 4.13. The highest BCUT2D eigenvalue weighted by molar-refractivity contribution is 5.98. The SMILES string of the molecule is C#CC[N+](C)(C)c1ccc(CNC(=O)c2cc3cc(F)ccc3n2Cc2cccc(C#N)c2)cc1.O=C([O-])C(F)(F)F. The molecule has 0 spiro atoms. The van der Waals surface area contributed by atoms with Crippen LogP contribution in [0, 0.1) is 29.5 Å². The van der Waals surface area contributed by atoms with Gasteiger partial charge in [-0.15, -0.1) is 6.42 Å². The molecule has 0 saturated heterocycles. The van der Waals surface area contributed by atoms with Crippen LogP contribution in [0.25, 0.3) is 10.9 Å². The summed E-state index contributed by atoms with van der Waals surface area (Å²) in [5, 5.41) is 21.6. The number of nitriles is 1. The lowest BCUT2D eigenvalue weighted by Crippen LogP contribution is -2.40. The summed E-state index contributed by atoms with van der Waals surface area (Å²) in [6.45, 7) is 1.31. The van der Waals surface area contributed by atoms with Crippen molar-refractivity contribution in [2.24, 2.45) is 0 Å². The standard InChI is InChI=1S/C29H25FN4O.C2HF3O2/c1-4-14-34(2,3)26-11-8-21(9-12-26)19-32-29(35)28-17-24-16-25(30)10-13-27(24)33(28)20-23-7-5-6-22(15-23)18-31;3-2(4,5)1(6)7/h1,5-13,15-17H,14,19-20H2,2-3H3;(H,6,7). The number of benzene rings is 3. The first kappa shape index (κ1) is 31.4. The van der Waals surface area contributed by atoms with Gasteiger partial charge in [0.05, 0.1) is 25.7 Å². The summed E-state index contributed by atoms with van der Waals surface area (Å²) in [5.41, 5.74) is 4.64. The second kappa shape index (κ2) is 13.0. The number of amides is 1. The topological polar surface area (TPSA) is 98.0 Å². The molecule has 0 bridgehead atoms. The van der Waals surface area contributed by atoms with Crippen LogP contribution in [0.3, 0.4) is 0 Å². The van der Waals surface area contributed by atoms with Gasteiger partial charge in [0.2, 0.25) is 0 Å². The number of hydrogen-bond acceptors (Lipinski definition) is 4. The van der Waals surface area contributed by atoms with E-state index in [0.717, 1.165) is 22.3 Å². The Kier molecular flexibility index (Phi) is 9.74. The molecule has 0 fully saturated rings. The predicted molar refractivity (Wildman–Crippen MR) is 148 cm³/mol. The molecule has 4 aromatic rings. The van der Waals surface area contributed by atoms with Crippen molar-refractivity contribution in [3.05, 3.63) is 101 Å². The van der Waals surface area contributed by atoms with Crippen molar-refractivity contribution in [1.29, 1.82) is 5.26 Å². The first-order chi connectivity index (χ1) is 19.7. The molecule has 0 saturated carbocycles. The molecule has 0 atom stereocenters. The second-order valence-electron chi connectivity index (χ2n) is 9.81. The van der Waals surface area contributed by atoms with Gasteiger partial charge in [-0.05, 0) is 65.6 Å². The van der Waals surface area contributed by atoms with E-state index < -0.39 is 12.1 Å². The maximum atomic E-state index is 13.9. The zero-order chi connectivity index (χ0) is 31.1. The number of nitrogens with one attached hydrogen (secondary N) is 1. The summed E-state index contributed by atoms with van der Waals surface area (Å²) in [7, 11) is 4.09. The minimum absolute atomic E-state index is 0.259. The van der Waals surface area contributed by atoms with E-state index in [4.69, 9.17) is 16.3 Å². The van der Waals surface area contributed by atoms with E-state index >= 15 is 0 Å². The third-order valence-electron chi connectivity index (χ3n) is 6.30. The molecular weight excluding hydrogens is 552 g/mol. The van der Waals surface area contributed by atoms with Crippen molar-refractivity contribution >= 4 is 28.5 Å². The lowest BCUT2D eigenvalue weighted by Gasteiger charge is -2.26. The van der Waals surface area contributed by atoms with Gasteiger partial charge in [-0.3, -0.25) is 9.28 Å². The molecule has 1 amide bonds. The van der Waals surface area contributed by atoms with Gasteiger partial charge in [-0.1, -0.05) is 24.3 Å². The number of rotatable bonds is 7. The molecule has 0 aliphatic heterocycles. The smallest absolute Gasteiger partial charge is 0.430 e. The van der Waals surface area contributed by atoms with Gasteiger partial charge in [-0.2, -0.15) is 18.4 Å². The van der Waals surface area contributed by atoms with Gasteiger partial charge < -0.3 is 19.8 Å². The monoisotopic (exact) mass is 578 g/mol. The van der Waals surface area contributed by atoms with Crippen molar-refractivity contribution in [3.63, 3.8) is 0 Å². The minimum atomic E-state index is -5.19. The Hall–Kier alpha value is -5.13. The summed E-state index contributed by atoms with van der Waals surface area (Å²) >= 11 is 0. The fraction of sp³-hybridized carbons (Fsp3) is 0.194. The average Bonchev–Trinajstić information content (AvgIpc) is 3.29. The Morgan fingerprint density at radius 3 is 2.29 bits per heavy atom. The van der Waals surface area contributed by atoms with Crippen LogP contribution in [-0.4, -0.2) is 43.3 Å². The molecule has 7 nitrogen and oxygen atoms in total. The largest absolute Gasteiger partial charge is 0.542 e. The highest BCUT2D eigenvalue weighted by Gasteiger charge is 2.28. The van der Waals surface area contributed by atoms with Gasteiger partial charge in [0.15, 0.2) is 0 Å². The van der Waals surface area contributed by atoms with E-state index in [1.54, 1.807) is 24.3 Å². The molecule has 0 unspecified atom stereocenters. The number of aliphatic carboxylic acids is 1. The third kappa shape index (κ3) is 7.96. The number of carboxylic acids is 1. The number of carbonyl (C=O) groups excluding carboxylic acids is 2. The van der Waals surface area contributed by atoms with Gasteiger partial charge >= 0.3 is 6.18 Å². The van der Waals surface area contributed by atoms with E-state index in [1.165, 1.54) is 12.1 Å². The summed E-state index contributed by atoms with van der Waals surface area (Å²) in [4.78, 5) is 22.0. The molecule has 4 rings (SSSR count). The molecular formula is C31H26F4N4O3. The molecule has 0 radical (unpaired) electrons. The minimum Gasteiger partial charge on any atom is -0.542 e. The number of aromatic nitrogens is 1. The van der Waals surface area contributed by atoms with Crippen LogP contribution in [0.1, 0.15) is 27.2 Å². The molecule has 1 aromatic heterocycles. The Labute approximate surface area is 239 Å². The molecule has 42 heavy (non-hydrogen) atoms. The van der Waals surface area contributed by atoms with Crippen LogP contribution in [0.2, 0.25) is 0 Å². The molecule has 0 aliphatic carbocycles. The van der Waals surface area contributed by atoms with Crippen molar-refractivity contribution in [2.45, 2.75) is 19.3 Å². The Morgan fingerprint density at radius 2 is 1.69 bits per heavy atom. The molecule has 216 valence electrons. The van der Waals surface area contributed by atoms with Crippen molar-refractivity contribution in [2.75, 3.05) is 20.6 Å². The van der Waals surface area contributed by atoms with Crippen molar-refractivity contribution in [1.82, 2.24) is 14.4 Å². The summed E-state index contributed by atoms with van der Waals surface area (Å²) < 4.78 is 47.9. The summed E-state index contributed by atoms with van der Waals surface area (Å²) in [6, 6.07) is 23.5. The fourth-order valence-electron chi connectivity index (χ4n) is 4.13. The van der Waals surface area contributed by atoms with Crippen LogP contribution in [0.5, 0.6) is 0 Å². The number of carbonyl (C=O) groups is 2. The lowest BCUT2D eigenvalue weighted by molar-refractivity contribution is -0.344. The highest BCUT2D eigenvalue weighted by Crippen LogP contribution is 2.24. The number of alkyl halides is 3. The van der Waals surface area contributed by atoms with E-state index in [0.29, 0.717) is 40.8 Å². The van der Waals surface area contributed by atoms with E-state index in [2.05, 4.69) is 17.3 Å².